The van der Waals surface area contributed by atoms with E-state index in [-0.39, 0.29) is 6.61 Å². The van der Waals surface area contributed by atoms with E-state index in [1.54, 1.807) is 0 Å². The number of para-hydroxylation sites is 1. The van der Waals surface area contributed by atoms with Gasteiger partial charge < -0.3 is 10.1 Å². The summed E-state index contributed by atoms with van der Waals surface area (Å²) in [4.78, 5) is 0. The van der Waals surface area contributed by atoms with Crippen LogP contribution in [0.5, 0.6) is 0 Å². The summed E-state index contributed by atoms with van der Waals surface area (Å²) in [5.74, 6) is 0. The van der Waals surface area contributed by atoms with Crippen LogP contribution >= 0.6 is 0 Å². The molecular formula is C13H18F3NO. The first-order valence-electron chi connectivity index (χ1n) is 5.85. The maximum Gasteiger partial charge on any atom is 0.411 e. The highest BCUT2D eigenvalue weighted by Crippen LogP contribution is 2.19. The Morgan fingerprint density at radius 3 is 2.33 bits per heavy atom. The van der Waals surface area contributed by atoms with Crippen LogP contribution in [0.15, 0.2) is 18.2 Å². The molecule has 0 unspecified atom stereocenters. The van der Waals surface area contributed by atoms with Crippen LogP contribution in [0.1, 0.15) is 17.5 Å². The van der Waals surface area contributed by atoms with E-state index in [2.05, 4.69) is 10.1 Å². The zero-order valence-electron chi connectivity index (χ0n) is 10.6. The van der Waals surface area contributed by atoms with Crippen molar-refractivity contribution in [3.8, 4) is 0 Å². The summed E-state index contributed by atoms with van der Waals surface area (Å²) in [6.45, 7) is 3.53. The van der Waals surface area contributed by atoms with Crippen molar-refractivity contribution < 1.29 is 17.9 Å². The van der Waals surface area contributed by atoms with Crippen LogP contribution in [0.25, 0.3) is 0 Å². The van der Waals surface area contributed by atoms with Crippen LogP contribution in [-0.2, 0) is 4.74 Å². The highest BCUT2D eigenvalue weighted by Gasteiger charge is 2.27. The van der Waals surface area contributed by atoms with Gasteiger partial charge in [0.15, 0.2) is 0 Å². The van der Waals surface area contributed by atoms with Gasteiger partial charge in [0, 0.05) is 18.8 Å². The van der Waals surface area contributed by atoms with E-state index in [9.17, 15) is 13.2 Å². The van der Waals surface area contributed by atoms with Crippen molar-refractivity contribution >= 4 is 5.69 Å². The van der Waals surface area contributed by atoms with Crippen molar-refractivity contribution in [3.05, 3.63) is 29.3 Å². The molecule has 0 radical (unpaired) electrons. The third-order valence-corrected chi connectivity index (χ3v) is 2.51. The first-order valence-corrected chi connectivity index (χ1v) is 5.85. The lowest BCUT2D eigenvalue weighted by molar-refractivity contribution is -0.173. The fourth-order valence-electron chi connectivity index (χ4n) is 1.67. The quantitative estimate of drug-likeness (QED) is 0.789. The van der Waals surface area contributed by atoms with Gasteiger partial charge in [0.05, 0.1) is 0 Å². The number of nitrogens with one attached hydrogen (secondary N) is 1. The van der Waals surface area contributed by atoms with Crippen molar-refractivity contribution in [2.24, 2.45) is 0 Å². The van der Waals surface area contributed by atoms with E-state index in [0.717, 1.165) is 16.8 Å². The lowest BCUT2D eigenvalue weighted by atomic mass is 10.1. The third kappa shape index (κ3) is 5.40. The second-order valence-electron chi connectivity index (χ2n) is 4.21. The van der Waals surface area contributed by atoms with Gasteiger partial charge in [0.25, 0.3) is 0 Å². The maximum atomic E-state index is 11.8. The van der Waals surface area contributed by atoms with Crippen molar-refractivity contribution in [3.63, 3.8) is 0 Å². The van der Waals surface area contributed by atoms with Gasteiger partial charge in [-0.3, -0.25) is 0 Å². The third-order valence-electron chi connectivity index (χ3n) is 2.51. The molecule has 0 aliphatic carbocycles. The van der Waals surface area contributed by atoms with E-state index >= 15 is 0 Å². The molecule has 0 heterocycles. The summed E-state index contributed by atoms with van der Waals surface area (Å²) in [5, 5.41) is 3.22. The SMILES string of the molecule is Cc1cccc(C)c1NCCCOCC(F)(F)F. The lowest BCUT2D eigenvalue weighted by Crippen LogP contribution is -2.18. The van der Waals surface area contributed by atoms with E-state index < -0.39 is 12.8 Å². The summed E-state index contributed by atoms with van der Waals surface area (Å²) < 4.78 is 39.9. The molecule has 0 fully saturated rings. The molecule has 5 heteroatoms. The molecule has 102 valence electrons. The molecule has 1 aromatic rings. The van der Waals surface area contributed by atoms with Crippen LogP contribution in [0.2, 0.25) is 0 Å². The normalized spacial score (nSPS) is 11.6. The minimum atomic E-state index is -4.24. The molecule has 0 saturated carbocycles. The van der Waals surface area contributed by atoms with Crippen LogP contribution in [-0.4, -0.2) is 25.9 Å². The molecule has 0 amide bonds. The van der Waals surface area contributed by atoms with Crippen molar-refractivity contribution in [1.29, 1.82) is 0 Å². The number of hydrogen-bond donors (Lipinski definition) is 1. The molecule has 2 nitrogen and oxygen atoms in total. The first kappa shape index (κ1) is 14.8. The minimum absolute atomic E-state index is 0.109. The topological polar surface area (TPSA) is 21.3 Å². The number of anilines is 1. The zero-order valence-corrected chi connectivity index (χ0v) is 10.6. The smallest absolute Gasteiger partial charge is 0.385 e. The molecule has 1 rings (SSSR count). The second-order valence-corrected chi connectivity index (χ2v) is 4.21. The van der Waals surface area contributed by atoms with Gasteiger partial charge in [-0.05, 0) is 31.4 Å². The zero-order chi connectivity index (χ0) is 13.6. The average Bonchev–Trinajstić information content (AvgIpc) is 2.25. The number of halogens is 3. The fraction of sp³-hybridized carbons (Fsp3) is 0.538. The fourth-order valence-corrected chi connectivity index (χ4v) is 1.67. The molecule has 0 aliphatic rings. The second kappa shape index (κ2) is 6.64. The standard InChI is InChI=1S/C13H18F3NO/c1-10-5-3-6-11(2)12(10)17-7-4-8-18-9-13(14,15)16/h3,5-6,17H,4,7-9H2,1-2H3. The van der Waals surface area contributed by atoms with Crippen LogP contribution in [0.4, 0.5) is 18.9 Å². The predicted octanol–water partition coefficient (Wildman–Crippen LogP) is 3.68. The van der Waals surface area contributed by atoms with Gasteiger partial charge in [0.1, 0.15) is 6.61 Å². The van der Waals surface area contributed by atoms with Gasteiger partial charge in [-0.25, -0.2) is 0 Å². The van der Waals surface area contributed by atoms with Crippen molar-refractivity contribution in [2.75, 3.05) is 25.1 Å². The Bertz CT molecular complexity index is 357. The summed E-state index contributed by atoms with van der Waals surface area (Å²) in [6.07, 6.45) is -3.69. The Labute approximate surface area is 105 Å². The monoisotopic (exact) mass is 261 g/mol. The Hall–Kier alpha value is -1.23. The lowest BCUT2D eigenvalue weighted by Gasteiger charge is -2.12. The summed E-state index contributed by atoms with van der Waals surface area (Å²) in [5.41, 5.74) is 3.31. The summed E-state index contributed by atoms with van der Waals surface area (Å²) >= 11 is 0. The Morgan fingerprint density at radius 2 is 1.78 bits per heavy atom. The number of benzene rings is 1. The summed E-state index contributed by atoms with van der Waals surface area (Å²) in [7, 11) is 0. The van der Waals surface area contributed by atoms with Gasteiger partial charge in [-0.1, -0.05) is 18.2 Å². The Morgan fingerprint density at radius 1 is 1.17 bits per heavy atom. The van der Waals surface area contributed by atoms with E-state index in [4.69, 9.17) is 0 Å². The van der Waals surface area contributed by atoms with Gasteiger partial charge in [-0.2, -0.15) is 13.2 Å². The van der Waals surface area contributed by atoms with Crippen LogP contribution < -0.4 is 5.32 Å². The number of rotatable bonds is 6. The average molecular weight is 261 g/mol. The molecule has 18 heavy (non-hydrogen) atoms. The highest BCUT2D eigenvalue weighted by molar-refractivity contribution is 5.56. The number of ether oxygens (including phenoxy) is 1. The molecule has 0 spiro atoms. The van der Waals surface area contributed by atoms with Gasteiger partial charge in [-0.15, -0.1) is 0 Å². The van der Waals surface area contributed by atoms with Gasteiger partial charge in [0.2, 0.25) is 0 Å². The van der Waals surface area contributed by atoms with E-state index in [1.807, 2.05) is 32.0 Å². The minimum Gasteiger partial charge on any atom is -0.385 e. The largest absolute Gasteiger partial charge is 0.411 e. The van der Waals surface area contributed by atoms with Crippen molar-refractivity contribution in [1.82, 2.24) is 0 Å². The Balaban J connectivity index is 2.22. The highest BCUT2D eigenvalue weighted by atomic mass is 19.4. The van der Waals surface area contributed by atoms with Crippen molar-refractivity contribution in [2.45, 2.75) is 26.4 Å². The number of alkyl halides is 3. The molecule has 1 N–H and O–H groups in total. The molecule has 1 aromatic carbocycles. The molecule has 0 saturated heterocycles. The number of hydrogen-bond acceptors (Lipinski definition) is 2. The summed E-state index contributed by atoms with van der Waals surface area (Å²) in [6, 6.07) is 5.97. The Kier molecular flexibility index (Phi) is 5.47. The first-order chi connectivity index (χ1) is 8.40. The van der Waals surface area contributed by atoms with Gasteiger partial charge >= 0.3 is 6.18 Å². The molecule has 0 aliphatic heterocycles. The number of aryl methyl sites for hydroxylation is 2. The maximum absolute atomic E-state index is 11.8. The molecular weight excluding hydrogens is 243 g/mol. The predicted molar refractivity (Wildman–Crippen MR) is 65.9 cm³/mol. The van der Waals surface area contributed by atoms with E-state index in [0.29, 0.717) is 13.0 Å². The molecule has 0 aromatic heterocycles. The van der Waals surface area contributed by atoms with Crippen LogP contribution in [0, 0.1) is 13.8 Å². The molecule has 0 atom stereocenters. The van der Waals surface area contributed by atoms with Crippen LogP contribution in [0.3, 0.4) is 0 Å². The van der Waals surface area contributed by atoms with E-state index in [1.165, 1.54) is 0 Å². The molecule has 0 bridgehead atoms.